The van der Waals surface area contributed by atoms with Gasteiger partial charge in [0.1, 0.15) is 11.9 Å². The van der Waals surface area contributed by atoms with Crippen molar-refractivity contribution >= 4 is 23.2 Å². The number of amides is 1. The van der Waals surface area contributed by atoms with Crippen LogP contribution in [0.2, 0.25) is 0 Å². The summed E-state index contributed by atoms with van der Waals surface area (Å²) in [4.78, 5) is 20.1. The molecule has 0 saturated carbocycles. The molecule has 35 heavy (non-hydrogen) atoms. The molecule has 2 N–H and O–H groups in total. The highest BCUT2D eigenvalue weighted by molar-refractivity contribution is 6.06. The van der Waals surface area contributed by atoms with Crippen LogP contribution in [0.5, 0.6) is 0 Å². The lowest BCUT2D eigenvalue weighted by Gasteiger charge is -2.28. The van der Waals surface area contributed by atoms with Crippen molar-refractivity contribution in [2.45, 2.75) is 13.0 Å². The number of carbonyl (C=O) groups excluding carboxylic acids is 1. The first-order chi connectivity index (χ1) is 16.9. The third-order valence-electron chi connectivity index (χ3n) is 5.97. The van der Waals surface area contributed by atoms with Crippen LogP contribution in [0.4, 0.5) is 21.7 Å². The van der Waals surface area contributed by atoms with Gasteiger partial charge in [0.05, 0.1) is 5.57 Å². The van der Waals surface area contributed by atoms with Gasteiger partial charge in [-0.1, -0.05) is 36.4 Å². The number of rotatable bonds is 5. The predicted molar refractivity (Wildman–Crippen MR) is 136 cm³/mol. The number of anilines is 3. The number of hydrogen-bond donors (Lipinski definition) is 2. The summed E-state index contributed by atoms with van der Waals surface area (Å²) >= 11 is 0. The zero-order valence-electron chi connectivity index (χ0n) is 19.7. The fourth-order valence-corrected chi connectivity index (χ4v) is 4.18. The molecule has 7 nitrogen and oxygen atoms in total. The highest BCUT2D eigenvalue weighted by atomic mass is 19.1. The maximum atomic E-state index is 15.1. The third kappa shape index (κ3) is 4.26. The Morgan fingerprint density at radius 3 is 2.37 bits per heavy atom. The molecule has 1 unspecified atom stereocenters. The maximum Gasteiger partial charge on any atom is 0.255 e. The summed E-state index contributed by atoms with van der Waals surface area (Å²) in [6.07, 6.45) is 0. The topological polar surface area (TPSA) is 75.1 Å². The van der Waals surface area contributed by atoms with E-state index in [1.54, 1.807) is 41.9 Å². The second-order valence-electron chi connectivity index (χ2n) is 8.55. The van der Waals surface area contributed by atoms with E-state index in [1.165, 1.54) is 6.07 Å². The molecular weight excluding hydrogens is 443 g/mol. The number of carbonyl (C=O) groups is 1. The standard InChI is InChI=1S/C27H25FN6O/c1-17-23(26(35)30-19-9-5-4-6-10-19)24(21-11-7-8-12-22(21)28)34-27(29-17)31-25(32-34)18-13-15-20(16-14-18)33(2)3/h4-16,24H,1-3H3,(H,30,35)(H,29,31,32). The van der Waals surface area contributed by atoms with Crippen molar-refractivity contribution in [3.05, 3.63) is 102 Å². The average Bonchev–Trinajstić information content (AvgIpc) is 3.28. The zero-order valence-corrected chi connectivity index (χ0v) is 19.7. The summed E-state index contributed by atoms with van der Waals surface area (Å²) in [5, 5.41) is 10.8. The normalized spacial score (nSPS) is 14.8. The van der Waals surface area contributed by atoms with Crippen LogP contribution in [0.15, 0.2) is 90.1 Å². The second-order valence-corrected chi connectivity index (χ2v) is 8.55. The Morgan fingerprint density at radius 2 is 1.69 bits per heavy atom. The molecule has 176 valence electrons. The molecule has 0 saturated heterocycles. The highest BCUT2D eigenvalue weighted by Crippen LogP contribution is 2.37. The minimum atomic E-state index is -0.793. The minimum Gasteiger partial charge on any atom is -0.378 e. The van der Waals surface area contributed by atoms with Crippen molar-refractivity contribution in [3.63, 3.8) is 0 Å². The van der Waals surface area contributed by atoms with Crippen LogP contribution in [-0.4, -0.2) is 34.8 Å². The quantitative estimate of drug-likeness (QED) is 0.427. The molecule has 3 aromatic carbocycles. The van der Waals surface area contributed by atoms with Crippen LogP contribution in [0.25, 0.3) is 11.4 Å². The van der Waals surface area contributed by atoms with E-state index in [0.717, 1.165) is 11.3 Å². The van der Waals surface area contributed by atoms with Gasteiger partial charge in [-0.05, 0) is 49.4 Å². The number of para-hydroxylation sites is 1. The lowest BCUT2D eigenvalue weighted by molar-refractivity contribution is -0.113. The monoisotopic (exact) mass is 468 g/mol. The van der Waals surface area contributed by atoms with Crippen molar-refractivity contribution in [2.75, 3.05) is 29.6 Å². The van der Waals surface area contributed by atoms with Gasteiger partial charge in [0.15, 0.2) is 5.82 Å². The molecule has 0 spiro atoms. The molecular formula is C27H25FN6O. The van der Waals surface area contributed by atoms with E-state index in [-0.39, 0.29) is 5.91 Å². The van der Waals surface area contributed by atoms with E-state index in [1.807, 2.05) is 61.5 Å². The smallest absolute Gasteiger partial charge is 0.255 e. The van der Waals surface area contributed by atoms with E-state index in [9.17, 15) is 4.79 Å². The van der Waals surface area contributed by atoms with Gasteiger partial charge in [0.25, 0.3) is 5.91 Å². The Labute approximate surface area is 202 Å². The van der Waals surface area contributed by atoms with Gasteiger partial charge in [-0.15, -0.1) is 5.10 Å². The fourth-order valence-electron chi connectivity index (χ4n) is 4.18. The highest BCUT2D eigenvalue weighted by Gasteiger charge is 2.35. The fraction of sp³-hybridized carbons (Fsp3) is 0.148. The number of halogens is 1. The Hall–Kier alpha value is -4.46. The zero-order chi connectivity index (χ0) is 24.5. The van der Waals surface area contributed by atoms with Gasteiger partial charge in [-0.2, -0.15) is 4.98 Å². The van der Waals surface area contributed by atoms with Gasteiger partial charge in [-0.25, -0.2) is 9.07 Å². The SMILES string of the molecule is CC1=C(C(=O)Nc2ccccc2)C(c2ccccc2F)n2nc(-c3ccc(N(C)C)cc3)nc2N1. The molecule has 1 aliphatic rings. The summed E-state index contributed by atoms with van der Waals surface area (Å²) in [5.74, 6) is 0.165. The van der Waals surface area contributed by atoms with Crippen molar-refractivity contribution in [2.24, 2.45) is 0 Å². The largest absolute Gasteiger partial charge is 0.378 e. The Balaban J connectivity index is 1.59. The number of hydrogen-bond acceptors (Lipinski definition) is 5. The van der Waals surface area contributed by atoms with Crippen molar-refractivity contribution < 1.29 is 9.18 Å². The molecule has 4 aromatic rings. The first-order valence-electron chi connectivity index (χ1n) is 11.3. The van der Waals surface area contributed by atoms with Gasteiger partial charge in [0.2, 0.25) is 5.95 Å². The van der Waals surface area contributed by atoms with E-state index in [4.69, 9.17) is 5.10 Å². The predicted octanol–water partition coefficient (Wildman–Crippen LogP) is 5.08. The van der Waals surface area contributed by atoms with Crippen molar-refractivity contribution in [1.29, 1.82) is 0 Å². The lowest BCUT2D eigenvalue weighted by Crippen LogP contribution is -2.32. The molecule has 0 fully saturated rings. The number of aromatic nitrogens is 3. The van der Waals surface area contributed by atoms with Gasteiger partial charge in [-0.3, -0.25) is 4.79 Å². The van der Waals surface area contributed by atoms with Crippen LogP contribution in [-0.2, 0) is 4.79 Å². The Morgan fingerprint density at radius 1 is 1.00 bits per heavy atom. The number of nitrogens with one attached hydrogen (secondary N) is 2. The van der Waals surface area contributed by atoms with Crippen LogP contribution in [0.1, 0.15) is 18.5 Å². The lowest BCUT2D eigenvalue weighted by atomic mass is 9.94. The van der Waals surface area contributed by atoms with Crippen LogP contribution in [0.3, 0.4) is 0 Å². The van der Waals surface area contributed by atoms with E-state index in [0.29, 0.717) is 34.3 Å². The first-order valence-corrected chi connectivity index (χ1v) is 11.3. The van der Waals surface area contributed by atoms with Crippen LogP contribution in [0, 0.1) is 5.82 Å². The molecule has 2 heterocycles. The van der Waals surface area contributed by atoms with Crippen LogP contribution < -0.4 is 15.5 Å². The minimum absolute atomic E-state index is 0.340. The molecule has 0 bridgehead atoms. The molecule has 1 aromatic heterocycles. The van der Waals surface area contributed by atoms with Crippen molar-refractivity contribution in [3.8, 4) is 11.4 Å². The summed E-state index contributed by atoms with van der Waals surface area (Å²) in [7, 11) is 3.95. The number of nitrogens with zero attached hydrogens (tertiary/aromatic N) is 4. The molecule has 8 heteroatoms. The van der Waals surface area contributed by atoms with Crippen LogP contribution >= 0.6 is 0 Å². The second kappa shape index (κ2) is 9.06. The van der Waals surface area contributed by atoms with Gasteiger partial charge < -0.3 is 15.5 Å². The maximum absolute atomic E-state index is 15.1. The molecule has 1 amide bonds. The summed E-state index contributed by atoms with van der Waals surface area (Å²) in [6, 6.07) is 22.7. The Kier molecular flexibility index (Phi) is 5.78. The molecule has 0 radical (unpaired) electrons. The average molecular weight is 469 g/mol. The third-order valence-corrected chi connectivity index (χ3v) is 5.97. The van der Waals surface area contributed by atoms with E-state index in [2.05, 4.69) is 15.6 Å². The molecule has 0 aliphatic carbocycles. The molecule has 1 atom stereocenters. The summed E-state index contributed by atoms with van der Waals surface area (Å²) < 4.78 is 16.7. The Bertz CT molecular complexity index is 1410. The molecule has 1 aliphatic heterocycles. The first kappa shape index (κ1) is 22.3. The van der Waals surface area contributed by atoms with E-state index >= 15 is 4.39 Å². The number of benzene rings is 3. The summed E-state index contributed by atoms with van der Waals surface area (Å²) in [6.45, 7) is 1.79. The number of fused-ring (bicyclic) bond motifs is 1. The summed E-state index contributed by atoms with van der Waals surface area (Å²) in [5.41, 5.74) is 3.81. The van der Waals surface area contributed by atoms with Crippen molar-refractivity contribution in [1.82, 2.24) is 14.8 Å². The van der Waals surface area contributed by atoms with Gasteiger partial charge in [0, 0.05) is 42.3 Å². The van der Waals surface area contributed by atoms with E-state index < -0.39 is 11.9 Å². The number of allylic oxidation sites excluding steroid dienone is 1. The van der Waals surface area contributed by atoms with Gasteiger partial charge >= 0.3 is 0 Å². The molecule has 5 rings (SSSR count).